The van der Waals surface area contributed by atoms with Crippen LogP contribution in [0, 0.1) is 0 Å². The van der Waals surface area contributed by atoms with E-state index in [4.69, 9.17) is 9.47 Å². The SMILES string of the molecule is CC(=O)N1CCN(c2ccc(C(=O)Nc3nc(-c4cccnc4COC4CCOCC4)cs3)nc2)CC1. The Morgan fingerprint density at radius 2 is 1.95 bits per heavy atom. The lowest BCUT2D eigenvalue weighted by Crippen LogP contribution is -2.48. The first-order chi connectivity index (χ1) is 18.1. The van der Waals surface area contributed by atoms with Crippen LogP contribution in [0.5, 0.6) is 0 Å². The van der Waals surface area contributed by atoms with Crippen molar-refractivity contribution in [3.63, 3.8) is 0 Å². The highest BCUT2D eigenvalue weighted by Crippen LogP contribution is 2.28. The fraction of sp³-hybridized carbons (Fsp3) is 0.423. The molecule has 10 nitrogen and oxygen atoms in total. The standard InChI is InChI=1S/C26H30N6O4S/c1-18(33)31-9-11-32(12-10-31)19-4-5-22(28-15-19)25(34)30-26-29-24(17-37-26)21-3-2-8-27-23(21)16-36-20-6-13-35-14-7-20/h2-5,8,15,17,20H,6-7,9-14,16H2,1H3,(H,29,30,34). The summed E-state index contributed by atoms with van der Waals surface area (Å²) < 4.78 is 11.5. The quantitative estimate of drug-likeness (QED) is 0.504. The maximum absolute atomic E-state index is 12.8. The third kappa shape index (κ3) is 6.30. The van der Waals surface area contributed by atoms with E-state index in [1.54, 1.807) is 25.4 Å². The molecule has 3 aromatic heterocycles. The summed E-state index contributed by atoms with van der Waals surface area (Å²) in [6.45, 7) is 6.30. The third-order valence-corrected chi connectivity index (χ3v) is 7.34. The van der Waals surface area contributed by atoms with E-state index in [0.717, 1.165) is 61.8 Å². The first-order valence-electron chi connectivity index (χ1n) is 12.4. The van der Waals surface area contributed by atoms with Gasteiger partial charge in [0.25, 0.3) is 5.91 Å². The number of thiazole rings is 1. The normalized spacial score (nSPS) is 16.6. The lowest BCUT2D eigenvalue weighted by Gasteiger charge is -2.35. The molecule has 1 N–H and O–H groups in total. The summed E-state index contributed by atoms with van der Waals surface area (Å²) in [4.78, 5) is 41.8. The lowest BCUT2D eigenvalue weighted by molar-refractivity contribution is -0.129. The largest absolute Gasteiger partial charge is 0.381 e. The van der Waals surface area contributed by atoms with Crippen LogP contribution >= 0.6 is 11.3 Å². The molecular weight excluding hydrogens is 492 g/mol. The number of anilines is 2. The van der Waals surface area contributed by atoms with Crippen LogP contribution < -0.4 is 10.2 Å². The number of hydrogen-bond acceptors (Lipinski definition) is 9. The molecule has 2 saturated heterocycles. The van der Waals surface area contributed by atoms with E-state index in [2.05, 4.69) is 25.2 Å². The number of pyridine rings is 2. The summed E-state index contributed by atoms with van der Waals surface area (Å²) >= 11 is 1.35. The first kappa shape index (κ1) is 25.2. The van der Waals surface area contributed by atoms with Gasteiger partial charge in [-0.15, -0.1) is 11.3 Å². The number of rotatable bonds is 7. The molecule has 11 heteroatoms. The van der Waals surface area contributed by atoms with Crippen LogP contribution in [0.2, 0.25) is 0 Å². The van der Waals surface area contributed by atoms with Crippen molar-refractivity contribution in [2.45, 2.75) is 32.5 Å². The predicted molar refractivity (Wildman–Crippen MR) is 141 cm³/mol. The van der Waals surface area contributed by atoms with E-state index >= 15 is 0 Å². The number of ether oxygens (including phenoxy) is 2. The van der Waals surface area contributed by atoms with Gasteiger partial charge in [-0.1, -0.05) is 0 Å². The predicted octanol–water partition coefficient (Wildman–Crippen LogP) is 3.22. The molecule has 0 spiro atoms. The summed E-state index contributed by atoms with van der Waals surface area (Å²) in [6, 6.07) is 7.44. The molecule has 0 atom stereocenters. The molecule has 37 heavy (non-hydrogen) atoms. The minimum absolute atomic E-state index is 0.0956. The topological polar surface area (TPSA) is 110 Å². The van der Waals surface area contributed by atoms with Gasteiger partial charge in [-0.25, -0.2) is 9.97 Å². The van der Waals surface area contributed by atoms with E-state index < -0.39 is 0 Å². The molecular formula is C26H30N6O4S. The van der Waals surface area contributed by atoms with Gasteiger partial charge in [0.15, 0.2) is 5.13 Å². The first-order valence-corrected chi connectivity index (χ1v) is 13.3. The fourth-order valence-electron chi connectivity index (χ4n) is 4.43. The molecule has 2 aliphatic heterocycles. The van der Waals surface area contributed by atoms with Gasteiger partial charge in [-0.2, -0.15) is 0 Å². The van der Waals surface area contributed by atoms with Crippen LogP contribution in [0.3, 0.4) is 0 Å². The lowest BCUT2D eigenvalue weighted by atomic mass is 10.1. The second kappa shape index (κ2) is 11.8. The zero-order valence-electron chi connectivity index (χ0n) is 20.8. The van der Waals surface area contributed by atoms with Crippen LogP contribution in [0.25, 0.3) is 11.3 Å². The number of piperazine rings is 1. The molecule has 5 rings (SSSR count). The molecule has 0 bridgehead atoms. The highest BCUT2D eigenvalue weighted by Gasteiger charge is 2.20. The maximum atomic E-state index is 12.8. The van der Waals surface area contributed by atoms with Crippen molar-refractivity contribution in [3.8, 4) is 11.3 Å². The van der Waals surface area contributed by atoms with Crippen molar-refractivity contribution in [1.82, 2.24) is 19.9 Å². The molecule has 5 heterocycles. The zero-order chi connectivity index (χ0) is 25.6. The Kier molecular flexibility index (Phi) is 8.02. The zero-order valence-corrected chi connectivity index (χ0v) is 21.6. The summed E-state index contributed by atoms with van der Waals surface area (Å²) in [5.41, 5.74) is 3.70. The number of nitrogens with one attached hydrogen (secondary N) is 1. The maximum Gasteiger partial charge on any atom is 0.276 e. The van der Waals surface area contributed by atoms with E-state index in [9.17, 15) is 9.59 Å². The van der Waals surface area contributed by atoms with Crippen LogP contribution in [-0.4, -0.2) is 77.2 Å². The van der Waals surface area contributed by atoms with Gasteiger partial charge in [0.1, 0.15) is 5.69 Å². The number of carbonyl (C=O) groups excluding carboxylic acids is 2. The fourth-order valence-corrected chi connectivity index (χ4v) is 5.13. The number of amides is 2. The molecule has 0 radical (unpaired) electrons. The molecule has 194 valence electrons. The summed E-state index contributed by atoms with van der Waals surface area (Å²) in [7, 11) is 0. The molecule has 0 aliphatic carbocycles. The van der Waals surface area contributed by atoms with Crippen LogP contribution in [-0.2, 0) is 20.9 Å². The van der Waals surface area contributed by atoms with Gasteiger partial charge >= 0.3 is 0 Å². The Morgan fingerprint density at radius 1 is 1.14 bits per heavy atom. The van der Waals surface area contributed by atoms with Gasteiger partial charge in [0.2, 0.25) is 5.91 Å². The van der Waals surface area contributed by atoms with Crippen molar-refractivity contribution in [2.24, 2.45) is 0 Å². The second-order valence-corrected chi connectivity index (χ2v) is 9.87. The second-order valence-electron chi connectivity index (χ2n) is 9.01. The summed E-state index contributed by atoms with van der Waals surface area (Å²) in [6.07, 6.45) is 5.41. The molecule has 0 saturated carbocycles. The summed E-state index contributed by atoms with van der Waals surface area (Å²) in [5.74, 6) is -0.221. The minimum Gasteiger partial charge on any atom is -0.381 e. The van der Waals surface area contributed by atoms with Crippen LogP contribution in [0.4, 0.5) is 10.8 Å². The van der Waals surface area contributed by atoms with E-state index in [1.807, 2.05) is 28.5 Å². The van der Waals surface area contributed by atoms with Gasteiger partial charge in [0.05, 0.1) is 36.0 Å². The van der Waals surface area contributed by atoms with E-state index in [1.165, 1.54) is 11.3 Å². The van der Waals surface area contributed by atoms with Crippen molar-refractivity contribution in [2.75, 3.05) is 49.6 Å². The van der Waals surface area contributed by atoms with Crippen LogP contribution in [0.1, 0.15) is 35.9 Å². The molecule has 2 fully saturated rings. The minimum atomic E-state index is -0.317. The Hall–Kier alpha value is -3.41. The van der Waals surface area contributed by atoms with Crippen molar-refractivity contribution in [1.29, 1.82) is 0 Å². The van der Waals surface area contributed by atoms with E-state index in [0.29, 0.717) is 30.5 Å². The number of hydrogen-bond donors (Lipinski definition) is 1. The molecule has 2 amide bonds. The highest BCUT2D eigenvalue weighted by atomic mass is 32.1. The van der Waals surface area contributed by atoms with Crippen LogP contribution in [0.15, 0.2) is 42.0 Å². The highest BCUT2D eigenvalue weighted by molar-refractivity contribution is 7.14. The average Bonchev–Trinajstić information content (AvgIpc) is 3.41. The monoisotopic (exact) mass is 522 g/mol. The molecule has 0 aromatic carbocycles. The summed E-state index contributed by atoms with van der Waals surface area (Å²) in [5, 5.41) is 5.25. The van der Waals surface area contributed by atoms with Gasteiger partial charge < -0.3 is 19.3 Å². The van der Waals surface area contributed by atoms with Gasteiger partial charge in [-0.05, 0) is 37.1 Å². The van der Waals surface area contributed by atoms with Gasteiger partial charge in [0, 0.05) is 63.5 Å². The Labute approximate surface area is 219 Å². The Morgan fingerprint density at radius 3 is 2.68 bits per heavy atom. The van der Waals surface area contributed by atoms with Gasteiger partial charge in [-0.3, -0.25) is 19.9 Å². The van der Waals surface area contributed by atoms with Crippen molar-refractivity contribution < 1.29 is 19.1 Å². The van der Waals surface area contributed by atoms with Crippen molar-refractivity contribution >= 4 is 34.0 Å². The number of carbonyl (C=O) groups is 2. The smallest absolute Gasteiger partial charge is 0.276 e. The number of nitrogens with zero attached hydrogens (tertiary/aromatic N) is 5. The Balaban J connectivity index is 1.19. The van der Waals surface area contributed by atoms with E-state index in [-0.39, 0.29) is 17.9 Å². The Bertz CT molecular complexity index is 1220. The molecule has 3 aromatic rings. The third-order valence-electron chi connectivity index (χ3n) is 6.59. The average molecular weight is 523 g/mol. The molecule has 0 unspecified atom stereocenters. The number of aromatic nitrogens is 3. The molecule has 2 aliphatic rings. The van der Waals surface area contributed by atoms with Crippen molar-refractivity contribution in [3.05, 3.63) is 53.4 Å².